The summed E-state index contributed by atoms with van der Waals surface area (Å²) >= 11 is 0. The van der Waals surface area contributed by atoms with Gasteiger partial charge >= 0.3 is 0 Å². The molecule has 64 valence electrons. The van der Waals surface area contributed by atoms with Crippen LogP contribution in [0.3, 0.4) is 0 Å². The Balaban J connectivity index is 1.93. The molecule has 2 rings (SSSR count). The van der Waals surface area contributed by atoms with Crippen molar-refractivity contribution < 1.29 is 5.11 Å². The Kier molecular flexibility index (Phi) is 2.14. The lowest BCUT2D eigenvalue weighted by Crippen LogP contribution is -2.46. The largest absolute Gasteiger partial charge is 0.393 e. The van der Waals surface area contributed by atoms with Gasteiger partial charge in [0.2, 0.25) is 0 Å². The fraction of sp³-hybridized carbons (Fsp3) is 1.00. The van der Waals surface area contributed by atoms with Crippen LogP contribution in [0, 0.1) is 0 Å². The molecule has 2 saturated heterocycles. The SMILES string of the molecule is O[C@H]1CCN2CCCCC2C1. The molecule has 11 heavy (non-hydrogen) atoms. The lowest BCUT2D eigenvalue weighted by molar-refractivity contribution is 0.0236. The summed E-state index contributed by atoms with van der Waals surface area (Å²) in [5.41, 5.74) is 0. The van der Waals surface area contributed by atoms with E-state index in [1.54, 1.807) is 0 Å². The molecule has 2 heterocycles. The first kappa shape index (κ1) is 7.56. The molecular formula is C9H17NO. The Bertz CT molecular complexity index is 138. The second-order valence-electron chi connectivity index (χ2n) is 3.86. The van der Waals surface area contributed by atoms with Gasteiger partial charge in [0, 0.05) is 12.6 Å². The number of aliphatic hydroxyl groups excluding tert-OH is 1. The molecule has 0 saturated carbocycles. The summed E-state index contributed by atoms with van der Waals surface area (Å²) in [5.74, 6) is 0. The molecule has 0 amide bonds. The normalized spacial score (nSPS) is 40.1. The van der Waals surface area contributed by atoms with Crippen LogP contribution in [0.25, 0.3) is 0 Å². The molecule has 0 aromatic heterocycles. The molecule has 2 aliphatic rings. The molecule has 2 aliphatic heterocycles. The summed E-state index contributed by atoms with van der Waals surface area (Å²) in [7, 11) is 0. The minimum atomic E-state index is -0.00523. The number of hydrogen-bond acceptors (Lipinski definition) is 2. The Morgan fingerprint density at radius 3 is 2.91 bits per heavy atom. The van der Waals surface area contributed by atoms with Crippen molar-refractivity contribution in [3.05, 3.63) is 0 Å². The monoisotopic (exact) mass is 155 g/mol. The number of rotatable bonds is 0. The van der Waals surface area contributed by atoms with E-state index in [0.717, 1.165) is 19.4 Å². The van der Waals surface area contributed by atoms with Crippen LogP contribution in [0.1, 0.15) is 32.1 Å². The van der Waals surface area contributed by atoms with Crippen molar-refractivity contribution in [1.29, 1.82) is 0 Å². The topological polar surface area (TPSA) is 23.5 Å². The third-order valence-corrected chi connectivity index (χ3v) is 3.04. The predicted molar refractivity (Wildman–Crippen MR) is 44.5 cm³/mol. The first-order valence-electron chi connectivity index (χ1n) is 4.78. The number of nitrogens with zero attached hydrogens (tertiary/aromatic N) is 1. The summed E-state index contributed by atoms with van der Waals surface area (Å²) in [6, 6.07) is 0.715. The van der Waals surface area contributed by atoms with Crippen LogP contribution in [-0.2, 0) is 0 Å². The van der Waals surface area contributed by atoms with E-state index in [4.69, 9.17) is 0 Å². The van der Waals surface area contributed by atoms with Crippen molar-refractivity contribution in [3.8, 4) is 0 Å². The summed E-state index contributed by atoms with van der Waals surface area (Å²) in [4.78, 5) is 2.55. The molecule has 0 bridgehead atoms. The summed E-state index contributed by atoms with van der Waals surface area (Å²) in [5, 5.41) is 9.42. The third-order valence-electron chi connectivity index (χ3n) is 3.04. The molecule has 2 heteroatoms. The second-order valence-corrected chi connectivity index (χ2v) is 3.86. The Morgan fingerprint density at radius 1 is 1.09 bits per heavy atom. The van der Waals surface area contributed by atoms with Gasteiger partial charge in [-0.05, 0) is 32.2 Å². The van der Waals surface area contributed by atoms with Gasteiger partial charge in [0.15, 0.2) is 0 Å². The fourth-order valence-electron chi connectivity index (χ4n) is 2.37. The fourth-order valence-corrected chi connectivity index (χ4v) is 2.37. The van der Waals surface area contributed by atoms with E-state index < -0.39 is 0 Å². The Morgan fingerprint density at radius 2 is 2.00 bits per heavy atom. The highest BCUT2D eigenvalue weighted by Crippen LogP contribution is 2.25. The van der Waals surface area contributed by atoms with E-state index >= 15 is 0 Å². The first-order chi connectivity index (χ1) is 5.36. The molecule has 2 atom stereocenters. The predicted octanol–water partition coefficient (Wildman–Crippen LogP) is 0.996. The standard InChI is InChI=1S/C9H17NO/c11-9-4-6-10-5-2-1-3-8(10)7-9/h8-9,11H,1-7H2/t8?,9-/m0/s1. The van der Waals surface area contributed by atoms with E-state index in [9.17, 15) is 5.11 Å². The average molecular weight is 155 g/mol. The molecule has 0 aromatic carbocycles. The third kappa shape index (κ3) is 1.57. The highest BCUT2D eigenvalue weighted by atomic mass is 16.3. The number of hydrogen-bond donors (Lipinski definition) is 1. The zero-order valence-corrected chi connectivity index (χ0v) is 7.00. The smallest absolute Gasteiger partial charge is 0.0567 e. The van der Waals surface area contributed by atoms with Gasteiger partial charge in [-0.1, -0.05) is 6.42 Å². The summed E-state index contributed by atoms with van der Waals surface area (Å²) < 4.78 is 0. The van der Waals surface area contributed by atoms with Crippen molar-refractivity contribution in [3.63, 3.8) is 0 Å². The quantitative estimate of drug-likeness (QED) is 0.564. The van der Waals surface area contributed by atoms with Gasteiger partial charge in [0.1, 0.15) is 0 Å². The van der Waals surface area contributed by atoms with Gasteiger partial charge in [-0.3, -0.25) is 0 Å². The molecule has 1 unspecified atom stereocenters. The number of piperidine rings is 2. The van der Waals surface area contributed by atoms with Crippen LogP contribution in [0.5, 0.6) is 0 Å². The zero-order chi connectivity index (χ0) is 7.68. The molecule has 2 nitrogen and oxygen atoms in total. The maximum Gasteiger partial charge on any atom is 0.0567 e. The van der Waals surface area contributed by atoms with Gasteiger partial charge in [-0.15, -0.1) is 0 Å². The molecule has 0 aliphatic carbocycles. The van der Waals surface area contributed by atoms with Crippen molar-refractivity contribution in [1.82, 2.24) is 4.90 Å². The van der Waals surface area contributed by atoms with Crippen molar-refractivity contribution in [2.45, 2.75) is 44.2 Å². The number of aliphatic hydroxyl groups is 1. The Labute approximate surface area is 68.2 Å². The second kappa shape index (κ2) is 3.11. The number of fused-ring (bicyclic) bond motifs is 1. The van der Waals surface area contributed by atoms with Gasteiger partial charge in [0.25, 0.3) is 0 Å². The van der Waals surface area contributed by atoms with Crippen molar-refractivity contribution in [2.24, 2.45) is 0 Å². The molecule has 0 radical (unpaired) electrons. The van der Waals surface area contributed by atoms with E-state index in [2.05, 4.69) is 4.90 Å². The summed E-state index contributed by atoms with van der Waals surface area (Å²) in [6.07, 6.45) is 6.07. The summed E-state index contributed by atoms with van der Waals surface area (Å²) in [6.45, 7) is 2.41. The van der Waals surface area contributed by atoms with Gasteiger partial charge in [-0.2, -0.15) is 0 Å². The molecular weight excluding hydrogens is 138 g/mol. The van der Waals surface area contributed by atoms with Gasteiger partial charge < -0.3 is 10.0 Å². The van der Waals surface area contributed by atoms with E-state index in [1.807, 2.05) is 0 Å². The Hall–Kier alpha value is -0.0800. The minimum absolute atomic E-state index is 0.00523. The molecule has 0 spiro atoms. The van der Waals surface area contributed by atoms with Crippen LogP contribution in [0.15, 0.2) is 0 Å². The van der Waals surface area contributed by atoms with Crippen LogP contribution in [0.2, 0.25) is 0 Å². The molecule has 0 aromatic rings. The maximum absolute atomic E-state index is 9.42. The lowest BCUT2D eigenvalue weighted by atomic mass is 9.92. The van der Waals surface area contributed by atoms with Crippen LogP contribution >= 0.6 is 0 Å². The van der Waals surface area contributed by atoms with Crippen LogP contribution in [-0.4, -0.2) is 35.2 Å². The lowest BCUT2D eigenvalue weighted by Gasteiger charge is -2.40. The molecule has 1 N–H and O–H groups in total. The van der Waals surface area contributed by atoms with Crippen LogP contribution in [0.4, 0.5) is 0 Å². The minimum Gasteiger partial charge on any atom is -0.393 e. The zero-order valence-electron chi connectivity index (χ0n) is 7.00. The average Bonchev–Trinajstić information content (AvgIpc) is 2.04. The van der Waals surface area contributed by atoms with E-state index in [-0.39, 0.29) is 6.10 Å². The van der Waals surface area contributed by atoms with Crippen LogP contribution < -0.4 is 0 Å². The van der Waals surface area contributed by atoms with E-state index in [0.29, 0.717) is 6.04 Å². The highest BCUT2D eigenvalue weighted by molar-refractivity contribution is 4.84. The van der Waals surface area contributed by atoms with Gasteiger partial charge in [0.05, 0.1) is 6.10 Å². The van der Waals surface area contributed by atoms with Crippen molar-refractivity contribution >= 4 is 0 Å². The first-order valence-corrected chi connectivity index (χ1v) is 4.78. The highest BCUT2D eigenvalue weighted by Gasteiger charge is 2.28. The molecule has 2 fully saturated rings. The van der Waals surface area contributed by atoms with Gasteiger partial charge in [-0.25, -0.2) is 0 Å². The van der Waals surface area contributed by atoms with Crippen molar-refractivity contribution in [2.75, 3.05) is 13.1 Å². The maximum atomic E-state index is 9.42. The van der Waals surface area contributed by atoms with E-state index in [1.165, 1.54) is 25.8 Å².